The van der Waals surface area contributed by atoms with Crippen molar-refractivity contribution in [2.75, 3.05) is 0 Å². The zero-order valence-electron chi connectivity index (χ0n) is 23.9. The molecule has 3 aromatic rings. The van der Waals surface area contributed by atoms with E-state index in [0.717, 1.165) is 68.2 Å². The molecule has 1 aromatic heterocycles. The van der Waals surface area contributed by atoms with Crippen molar-refractivity contribution in [3.05, 3.63) is 93.0 Å². The quantitative estimate of drug-likeness (QED) is 0.272. The van der Waals surface area contributed by atoms with Gasteiger partial charge in [-0.05, 0) is 91.8 Å². The summed E-state index contributed by atoms with van der Waals surface area (Å²) in [7, 11) is 0. The van der Waals surface area contributed by atoms with Gasteiger partial charge in [0.2, 0.25) is 0 Å². The first-order valence-corrected chi connectivity index (χ1v) is 14.5. The Bertz CT molecular complexity index is 1300. The van der Waals surface area contributed by atoms with Gasteiger partial charge < -0.3 is 5.11 Å². The maximum absolute atomic E-state index is 11.3. The normalized spacial score (nSPS) is 15.2. The number of aryl methyl sites for hydroxylation is 3. The maximum Gasteiger partial charge on any atom is 0.290 e. The second kappa shape index (κ2) is 12.3. The van der Waals surface area contributed by atoms with E-state index in [4.69, 9.17) is 0 Å². The van der Waals surface area contributed by atoms with E-state index < -0.39 is 11.5 Å². The summed E-state index contributed by atoms with van der Waals surface area (Å²) in [6.45, 7) is 8.87. The number of hydrogen-bond acceptors (Lipinski definition) is 4. The number of amides is 1. The van der Waals surface area contributed by atoms with Gasteiger partial charge in [0.1, 0.15) is 0 Å². The zero-order valence-corrected chi connectivity index (χ0v) is 23.9. The van der Waals surface area contributed by atoms with Crippen molar-refractivity contribution < 1.29 is 9.90 Å². The Morgan fingerprint density at radius 3 is 2.18 bits per heavy atom. The average Bonchev–Trinajstić information content (AvgIpc) is 2.94. The number of aromatic nitrogens is 1. The van der Waals surface area contributed by atoms with Gasteiger partial charge in [-0.2, -0.15) is 0 Å². The van der Waals surface area contributed by atoms with Crippen LogP contribution in [0.2, 0.25) is 0 Å². The van der Waals surface area contributed by atoms with Crippen molar-refractivity contribution in [2.24, 2.45) is 5.18 Å². The second-order valence-electron chi connectivity index (χ2n) is 11.5. The van der Waals surface area contributed by atoms with Crippen LogP contribution in [0.15, 0.2) is 59.9 Å². The van der Waals surface area contributed by atoms with Crippen LogP contribution >= 0.6 is 0 Å². The molecule has 5 nitrogen and oxygen atoms in total. The van der Waals surface area contributed by atoms with Gasteiger partial charge in [-0.25, -0.2) is 0 Å². The van der Waals surface area contributed by atoms with Gasteiger partial charge in [0, 0.05) is 22.4 Å². The van der Waals surface area contributed by atoms with Crippen LogP contribution in [-0.4, -0.2) is 21.6 Å². The minimum atomic E-state index is -0.689. The molecule has 0 unspecified atom stereocenters. The molecule has 1 amide bonds. The van der Waals surface area contributed by atoms with Gasteiger partial charge in [0.25, 0.3) is 5.91 Å². The predicted octanol–water partition coefficient (Wildman–Crippen LogP) is 7.93. The summed E-state index contributed by atoms with van der Waals surface area (Å²) < 4.78 is 0. The standard InChI is InChI=1S/C34H42N2O3/c1-5-34(6-2,28-12-11-27(24(3)20-28)16-19-33(38)17-8-7-9-18-33)29-13-14-30(25(4)21-29)31-15-10-26(23-35-31)22-32(37)36-39/h10-15,20-21,23,38H,5-9,16-19,22H2,1-4H3. The molecule has 5 heteroatoms. The van der Waals surface area contributed by atoms with E-state index in [2.05, 4.69) is 74.3 Å². The number of nitrogens with zero attached hydrogens (tertiary/aromatic N) is 2. The lowest BCUT2D eigenvalue weighted by atomic mass is 9.69. The molecule has 0 aliphatic heterocycles. The Morgan fingerprint density at radius 1 is 0.949 bits per heavy atom. The van der Waals surface area contributed by atoms with Crippen LogP contribution < -0.4 is 0 Å². The fourth-order valence-corrected chi connectivity index (χ4v) is 6.48. The molecule has 2 aromatic carbocycles. The summed E-state index contributed by atoms with van der Waals surface area (Å²) in [5, 5.41) is 13.5. The highest BCUT2D eigenvalue weighted by molar-refractivity contribution is 5.79. The van der Waals surface area contributed by atoms with Gasteiger partial charge in [-0.3, -0.25) is 9.78 Å². The Hall–Kier alpha value is -3.18. The number of pyridine rings is 1. The van der Waals surface area contributed by atoms with Crippen LogP contribution in [0, 0.1) is 18.8 Å². The molecule has 1 N–H and O–H groups in total. The molecule has 1 aliphatic carbocycles. The molecule has 0 radical (unpaired) electrons. The van der Waals surface area contributed by atoms with Crippen LogP contribution in [0.4, 0.5) is 0 Å². The van der Waals surface area contributed by atoms with Gasteiger partial charge >= 0.3 is 0 Å². The topological polar surface area (TPSA) is 79.6 Å². The first-order chi connectivity index (χ1) is 18.7. The minimum absolute atomic E-state index is 0.0245. The van der Waals surface area contributed by atoms with Crippen molar-refractivity contribution in [3.63, 3.8) is 0 Å². The van der Waals surface area contributed by atoms with Crippen LogP contribution in [0.1, 0.15) is 98.6 Å². The third-order valence-corrected chi connectivity index (χ3v) is 9.08. The van der Waals surface area contributed by atoms with Gasteiger partial charge in [-0.15, -0.1) is 4.91 Å². The fourth-order valence-electron chi connectivity index (χ4n) is 6.48. The van der Waals surface area contributed by atoms with E-state index in [1.807, 2.05) is 12.1 Å². The third-order valence-electron chi connectivity index (χ3n) is 9.08. The molecule has 0 spiro atoms. The Balaban J connectivity index is 1.57. The molecule has 1 fully saturated rings. The number of carbonyl (C=O) groups excluding carboxylic acids is 1. The fraction of sp³-hybridized carbons (Fsp3) is 0.471. The highest BCUT2D eigenvalue weighted by Gasteiger charge is 2.32. The molecule has 1 aliphatic rings. The molecule has 39 heavy (non-hydrogen) atoms. The first-order valence-electron chi connectivity index (χ1n) is 14.5. The van der Waals surface area contributed by atoms with E-state index in [-0.39, 0.29) is 11.8 Å². The van der Waals surface area contributed by atoms with Crippen LogP contribution in [0.3, 0.4) is 0 Å². The Labute approximate surface area is 233 Å². The number of nitroso groups, excluding NO2 is 1. The maximum atomic E-state index is 11.3. The van der Waals surface area contributed by atoms with E-state index in [1.54, 1.807) is 6.20 Å². The summed E-state index contributed by atoms with van der Waals surface area (Å²) in [5.74, 6) is -0.689. The molecule has 4 rings (SSSR count). The lowest BCUT2D eigenvalue weighted by molar-refractivity contribution is -0.117. The highest BCUT2D eigenvalue weighted by Crippen LogP contribution is 2.41. The number of benzene rings is 2. The summed E-state index contributed by atoms with van der Waals surface area (Å²) in [6.07, 6.45) is 10.8. The summed E-state index contributed by atoms with van der Waals surface area (Å²) >= 11 is 0. The number of rotatable bonds is 10. The highest BCUT2D eigenvalue weighted by atomic mass is 16.3. The molecule has 1 saturated carbocycles. The van der Waals surface area contributed by atoms with Crippen molar-refractivity contribution in [2.45, 2.75) is 103 Å². The van der Waals surface area contributed by atoms with E-state index >= 15 is 0 Å². The lowest BCUT2D eigenvalue weighted by Crippen LogP contribution is -2.31. The van der Waals surface area contributed by atoms with Gasteiger partial charge in [0.15, 0.2) is 0 Å². The van der Waals surface area contributed by atoms with Crippen molar-refractivity contribution >= 4 is 5.91 Å². The van der Waals surface area contributed by atoms with Crippen molar-refractivity contribution in [1.82, 2.24) is 4.98 Å². The zero-order chi connectivity index (χ0) is 28.0. The SMILES string of the molecule is CCC(CC)(c1ccc(CCC2(O)CCCCC2)c(C)c1)c1ccc(-c2ccc(CC(=O)N=O)cn2)c(C)c1. The molecular weight excluding hydrogens is 484 g/mol. The monoisotopic (exact) mass is 526 g/mol. The first kappa shape index (κ1) is 28.8. The van der Waals surface area contributed by atoms with Crippen LogP contribution in [0.5, 0.6) is 0 Å². The predicted molar refractivity (Wildman–Crippen MR) is 158 cm³/mol. The van der Waals surface area contributed by atoms with E-state index in [1.165, 1.54) is 28.7 Å². The summed E-state index contributed by atoms with van der Waals surface area (Å²) in [5.41, 5.74) is 8.44. The number of aliphatic hydroxyl groups is 1. The van der Waals surface area contributed by atoms with Crippen LogP contribution in [-0.2, 0) is 23.1 Å². The van der Waals surface area contributed by atoms with Gasteiger partial charge in [-0.1, -0.05) is 75.6 Å². The van der Waals surface area contributed by atoms with Gasteiger partial charge in [0.05, 0.1) is 17.7 Å². The summed E-state index contributed by atoms with van der Waals surface area (Å²) in [4.78, 5) is 26.3. The molecule has 206 valence electrons. The second-order valence-corrected chi connectivity index (χ2v) is 11.5. The average molecular weight is 527 g/mol. The smallest absolute Gasteiger partial charge is 0.290 e. The molecule has 0 atom stereocenters. The Morgan fingerprint density at radius 2 is 1.62 bits per heavy atom. The Kier molecular flexibility index (Phi) is 9.12. The van der Waals surface area contributed by atoms with E-state index in [0.29, 0.717) is 5.56 Å². The molecule has 0 saturated heterocycles. The minimum Gasteiger partial charge on any atom is -0.390 e. The molecular formula is C34H42N2O3. The summed E-state index contributed by atoms with van der Waals surface area (Å²) in [6, 6.07) is 17.4. The number of hydrogen-bond donors (Lipinski definition) is 1. The van der Waals surface area contributed by atoms with Crippen LogP contribution in [0.25, 0.3) is 11.3 Å². The van der Waals surface area contributed by atoms with Crippen molar-refractivity contribution in [3.8, 4) is 11.3 Å². The third kappa shape index (κ3) is 6.36. The molecule has 1 heterocycles. The number of carbonyl (C=O) groups is 1. The molecule has 0 bridgehead atoms. The van der Waals surface area contributed by atoms with Crippen molar-refractivity contribution in [1.29, 1.82) is 0 Å². The largest absolute Gasteiger partial charge is 0.390 e. The lowest BCUT2D eigenvalue weighted by Gasteiger charge is -2.35. The van der Waals surface area contributed by atoms with E-state index in [9.17, 15) is 14.8 Å².